The maximum absolute atomic E-state index is 9.63. The average Bonchev–Trinajstić information content (AvgIpc) is 2.42. The highest BCUT2D eigenvalue weighted by Crippen LogP contribution is 2.26. The van der Waals surface area contributed by atoms with Crippen molar-refractivity contribution in [2.75, 3.05) is 39.8 Å². The van der Waals surface area contributed by atoms with Gasteiger partial charge in [-0.2, -0.15) is 5.10 Å². The summed E-state index contributed by atoms with van der Waals surface area (Å²) in [4.78, 5) is 2.29. The number of benzene rings is 1. The molecule has 104 valence electrons. The molecule has 2 rings (SSSR count). The van der Waals surface area contributed by atoms with Gasteiger partial charge in [0.05, 0.1) is 12.8 Å². The van der Waals surface area contributed by atoms with Gasteiger partial charge in [-0.1, -0.05) is 0 Å². The van der Waals surface area contributed by atoms with Crippen molar-refractivity contribution in [2.45, 2.75) is 6.92 Å². The van der Waals surface area contributed by atoms with Gasteiger partial charge in [-0.25, -0.2) is 0 Å². The van der Waals surface area contributed by atoms with Crippen LogP contribution in [0.15, 0.2) is 23.3 Å². The normalized spacial score (nSPS) is 17.1. The van der Waals surface area contributed by atoms with Crippen molar-refractivity contribution in [3.8, 4) is 11.5 Å². The number of hydrogen-bond donors (Lipinski definition) is 1. The lowest BCUT2D eigenvalue weighted by molar-refractivity contribution is 0.159. The largest absolute Gasteiger partial charge is 0.504 e. The molecule has 5 heteroatoms. The number of rotatable bonds is 4. The quantitative estimate of drug-likeness (QED) is 0.834. The van der Waals surface area contributed by atoms with Gasteiger partial charge in [0.25, 0.3) is 0 Å². The highest BCUT2D eigenvalue weighted by atomic mass is 16.5. The zero-order valence-electron chi connectivity index (χ0n) is 11.5. The van der Waals surface area contributed by atoms with Crippen LogP contribution < -0.4 is 4.74 Å². The minimum Gasteiger partial charge on any atom is -0.504 e. The molecule has 19 heavy (non-hydrogen) atoms. The van der Waals surface area contributed by atoms with Crippen LogP contribution in [-0.4, -0.2) is 61.1 Å². The molecule has 1 fully saturated rings. The summed E-state index contributed by atoms with van der Waals surface area (Å²) < 4.78 is 5.35. The van der Waals surface area contributed by atoms with Crippen LogP contribution in [0.5, 0.6) is 11.5 Å². The summed E-state index contributed by atoms with van der Waals surface area (Å²) in [5.74, 6) is 0.670. The van der Waals surface area contributed by atoms with Crippen LogP contribution in [-0.2, 0) is 0 Å². The minimum absolute atomic E-state index is 0.165. The molecular weight excluding hydrogens is 242 g/mol. The second-order valence-corrected chi connectivity index (χ2v) is 4.66. The monoisotopic (exact) mass is 263 g/mol. The Hall–Kier alpha value is -1.75. The maximum atomic E-state index is 9.63. The summed E-state index contributed by atoms with van der Waals surface area (Å²) in [7, 11) is 2.12. The molecule has 0 bridgehead atoms. The Balaban J connectivity index is 2.00. The van der Waals surface area contributed by atoms with Crippen LogP contribution >= 0.6 is 0 Å². The molecule has 0 unspecified atom stereocenters. The number of phenols is 1. The van der Waals surface area contributed by atoms with Crippen LogP contribution in [0, 0.1) is 0 Å². The summed E-state index contributed by atoms with van der Waals surface area (Å²) in [6.45, 7) is 6.40. The van der Waals surface area contributed by atoms with Crippen LogP contribution in [0.3, 0.4) is 0 Å². The van der Waals surface area contributed by atoms with Crippen LogP contribution in [0.1, 0.15) is 12.5 Å². The third-order valence-electron chi connectivity index (χ3n) is 3.13. The van der Waals surface area contributed by atoms with Crippen LogP contribution in [0.25, 0.3) is 0 Å². The molecule has 0 aromatic heterocycles. The number of ether oxygens (including phenoxy) is 1. The summed E-state index contributed by atoms with van der Waals surface area (Å²) in [5, 5.41) is 16.2. The number of nitrogens with zero attached hydrogens (tertiary/aromatic N) is 3. The molecule has 0 aliphatic carbocycles. The highest BCUT2D eigenvalue weighted by molar-refractivity contribution is 5.80. The first-order valence-electron chi connectivity index (χ1n) is 6.62. The molecule has 1 heterocycles. The van der Waals surface area contributed by atoms with Gasteiger partial charge in [-0.3, -0.25) is 5.01 Å². The van der Waals surface area contributed by atoms with Crippen molar-refractivity contribution in [3.63, 3.8) is 0 Å². The van der Waals surface area contributed by atoms with Gasteiger partial charge in [0.2, 0.25) is 0 Å². The van der Waals surface area contributed by atoms with Crippen molar-refractivity contribution in [1.29, 1.82) is 0 Å². The molecule has 1 aromatic carbocycles. The fourth-order valence-electron chi connectivity index (χ4n) is 1.94. The topological polar surface area (TPSA) is 48.3 Å². The Labute approximate surface area is 114 Å². The van der Waals surface area contributed by atoms with Gasteiger partial charge in [-0.05, 0) is 37.7 Å². The number of aromatic hydroxyl groups is 1. The van der Waals surface area contributed by atoms with E-state index in [1.54, 1.807) is 12.1 Å². The zero-order chi connectivity index (χ0) is 13.7. The Kier molecular flexibility index (Phi) is 4.63. The van der Waals surface area contributed by atoms with E-state index in [-0.39, 0.29) is 5.75 Å². The Morgan fingerprint density at radius 1 is 1.32 bits per heavy atom. The van der Waals surface area contributed by atoms with Crippen LogP contribution in [0.4, 0.5) is 0 Å². The molecule has 1 aromatic rings. The molecule has 0 radical (unpaired) electrons. The van der Waals surface area contributed by atoms with Crippen molar-refractivity contribution in [2.24, 2.45) is 5.10 Å². The van der Waals surface area contributed by atoms with E-state index in [1.165, 1.54) is 0 Å². The smallest absolute Gasteiger partial charge is 0.161 e. The first-order chi connectivity index (χ1) is 9.19. The van der Waals surface area contributed by atoms with Gasteiger partial charge in [0.15, 0.2) is 11.5 Å². The van der Waals surface area contributed by atoms with E-state index < -0.39 is 0 Å². The van der Waals surface area contributed by atoms with Crippen LogP contribution in [0.2, 0.25) is 0 Å². The predicted molar refractivity (Wildman–Crippen MR) is 75.9 cm³/mol. The van der Waals surface area contributed by atoms with Crippen molar-refractivity contribution in [1.82, 2.24) is 9.91 Å². The first kappa shape index (κ1) is 13.7. The zero-order valence-corrected chi connectivity index (χ0v) is 11.5. The Morgan fingerprint density at radius 3 is 2.74 bits per heavy atom. The summed E-state index contributed by atoms with van der Waals surface area (Å²) >= 11 is 0. The lowest BCUT2D eigenvalue weighted by atomic mass is 10.2. The SMILES string of the molecule is CCOc1cc(C=NN2CCN(C)CC2)ccc1O. The lowest BCUT2D eigenvalue weighted by Crippen LogP contribution is -2.41. The fraction of sp³-hybridized carbons (Fsp3) is 0.500. The van der Waals surface area contributed by atoms with E-state index in [1.807, 2.05) is 19.2 Å². The van der Waals surface area contributed by atoms with E-state index in [0.717, 1.165) is 31.7 Å². The van der Waals surface area contributed by atoms with Crippen molar-refractivity contribution < 1.29 is 9.84 Å². The predicted octanol–water partition coefficient (Wildman–Crippen LogP) is 1.37. The van der Waals surface area contributed by atoms with E-state index in [0.29, 0.717) is 12.4 Å². The third kappa shape index (κ3) is 3.86. The molecule has 5 nitrogen and oxygen atoms in total. The first-order valence-corrected chi connectivity index (χ1v) is 6.62. The highest BCUT2D eigenvalue weighted by Gasteiger charge is 2.10. The third-order valence-corrected chi connectivity index (χ3v) is 3.13. The summed E-state index contributed by atoms with van der Waals surface area (Å²) in [6, 6.07) is 5.27. The summed E-state index contributed by atoms with van der Waals surface area (Å²) in [6.07, 6.45) is 1.81. The van der Waals surface area contributed by atoms with Gasteiger partial charge in [0.1, 0.15) is 0 Å². The van der Waals surface area contributed by atoms with E-state index in [9.17, 15) is 5.11 Å². The molecule has 0 amide bonds. The second-order valence-electron chi connectivity index (χ2n) is 4.66. The number of piperazine rings is 1. The molecule has 1 aliphatic heterocycles. The fourth-order valence-corrected chi connectivity index (χ4v) is 1.94. The standard InChI is InChI=1S/C14H21N3O2/c1-3-19-14-10-12(4-5-13(14)18)11-15-17-8-6-16(2)7-9-17/h4-5,10-11,18H,3,6-9H2,1-2H3. The molecule has 0 saturated carbocycles. The van der Waals surface area contributed by atoms with E-state index in [2.05, 4.69) is 22.1 Å². The maximum Gasteiger partial charge on any atom is 0.161 e. The minimum atomic E-state index is 0.165. The molecule has 0 atom stereocenters. The number of hydrogen-bond acceptors (Lipinski definition) is 5. The average molecular weight is 263 g/mol. The Morgan fingerprint density at radius 2 is 2.05 bits per heavy atom. The van der Waals surface area contributed by atoms with E-state index >= 15 is 0 Å². The van der Waals surface area contributed by atoms with Crippen molar-refractivity contribution in [3.05, 3.63) is 23.8 Å². The van der Waals surface area contributed by atoms with Crippen molar-refractivity contribution >= 4 is 6.21 Å². The summed E-state index contributed by atoms with van der Waals surface area (Å²) in [5.41, 5.74) is 0.931. The van der Waals surface area contributed by atoms with Gasteiger partial charge in [-0.15, -0.1) is 0 Å². The number of hydrazone groups is 1. The van der Waals surface area contributed by atoms with Gasteiger partial charge >= 0.3 is 0 Å². The van der Waals surface area contributed by atoms with Gasteiger partial charge in [0, 0.05) is 26.2 Å². The van der Waals surface area contributed by atoms with E-state index in [4.69, 9.17) is 4.74 Å². The lowest BCUT2D eigenvalue weighted by Gasteiger charge is -2.30. The molecular formula is C14H21N3O2. The second kappa shape index (κ2) is 6.43. The molecule has 1 N–H and O–H groups in total. The molecule has 1 aliphatic rings. The number of phenolic OH excluding ortho intramolecular Hbond substituents is 1. The van der Waals surface area contributed by atoms with Gasteiger partial charge < -0.3 is 14.7 Å². The Bertz CT molecular complexity index is 440. The molecule has 1 saturated heterocycles. The molecule has 0 spiro atoms. The number of likely N-dealkylation sites (N-methyl/N-ethyl adjacent to an activating group) is 1.